The van der Waals surface area contributed by atoms with E-state index < -0.39 is 5.79 Å². The number of ether oxygens (including phenoxy) is 2. The van der Waals surface area contributed by atoms with E-state index in [1.54, 1.807) is 12.5 Å². The maximum Gasteiger partial charge on any atom is 0.214 e. The summed E-state index contributed by atoms with van der Waals surface area (Å²) in [6.07, 6.45) is 5.03. The minimum absolute atomic E-state index is 0.0441. The Bertz CT molecular complexity index is 553. The number of hydrogen-bond donors (Lipinski definition) is 1. The first-order chi connectivity index (χ1) is 9.72. The molecule has 106 valence electrons. The van der Waals surface area contributed by atoms with Crippen LogP contribution in [0.1, 0.15) is 11.1 Å². The third-order valence-electron chi connectivity index (χ3n) is 3.50. The van der Waals surface area contributed by atoms with Gasteiger partial charge in [-0.2, -0.15) is 0 Å². The molecule has 2 heterocycles. The van der Waals surface area contributed by atoms with E-state index in [0.717, 1.165) is 5.56 Å². The summed E-state index contributed by atoms with van der Waals surface area (Å²) in [5, 5.41) is 9.29. The summed E-state index contributed by atoms with van der Waals surface area (Å²) in [5.74, 6) is -0.859. The van der Waals surface area contributed by atoms with Crippen molar-refractivity contribution in [2.45, 2.75) is 25.4 Å². The Labute approximate surface area is 117 Å². The van der Waals surface area contributed by atoms with E-state index in [2.05, 4.69) is 4.98 Å². The number of aromatic nitrogens is 2. The summed E-state index contributed by atoms with van der Waals surface area (Å²) in [4.78, 5) is 4.04. The van der Waals surface area contributed by atoms with E-state index in [0.29, 0.717) is 13.2 Å². The number of aliphatic hydroxyl groups is 1. The van der Waals surface area contributed by atoms with Crippen LogP contribution in [0.3, 0.4) is 0 Å². The number of rotatable bonds is 4. The van der Waals surface area contributed by atoms with Crippen LogP contribution in [0.5, 0.6) is 0 Å². The molecule has 2 unspecified atom stereocenters. The number of aliphatic hydroxyl groups excluding tert-OH is 1. The molecule has 1 aliphatic heterocycles. The third kappa shape index (κ3) is 2.47. The topological polar surface area (TPSA) is 56.5 Å². The minimum atomic E-state index is -0.859. The zero-order valence-electron chi connectivity index (χ0n) is 11.4. The molecule has 1 aromatic carbocycles. The van der Waals surface area contributed by atoms with Gasteiger partial charge >= 0.3 is 0 Å². The maximum atomic E-state index is 9.29. The van der Waals surface area contributed by atoms with Crippen molar-refractivity contribution in [1.82, 2.24) is 9.55 Å². The van der Waals surface area contributed by atoms with Crippen LogP contribution < -0.4 is 0 Å². The van der Waals surface area contributed by atoms with Crippen molar-refractivity contribution in [3.8, 4) is 0 Å². The predicted octanol–water partition coefficient (Wildman–Crippen LogP) is 1.45. The highest BCUT2D eigenvalue weighted by Crippen LogP contribution is 2.36. The number of benzene rings is 1. The first kappa shape index (κ1) is 13.3. The summed E-state index contributed by atoms with van der Waals surface area (Å²) in [6.45, 7) is 2.89. The Morgan fingerprint density at radius 2 is 2.20 bits per heavy atom. The Kier molecular flexibility index (Phi) is 3.56. The van der Waals surface area contributed by atoms with Gasteiger partial charge in [-0.1, -0.05) is 29.8 Å². The van der Waals surface area contributed by atoms with Gasteiger partial charge in [0.05, 0.1) is 26.1 Å². The fourth-order valence-electron chi connectivity index (χ4n) is 2.41. The lowest BCUT2D eigenvalue weighted by Gasteiger charge is -2.29. The van der Waals surface area contributed by atoms with Crippen molar-refractivity contribution in [2.24, 2.45) is 0 Å². The fourth-order valence-corrected chi connectivity index (χ4v) is 2.41. The van der Waals surface area contributed by atoms with E-state index in [1.807, 2.05) is 42.0 Å². The average Bonchev–Trinajstić information content (AvgIpc) is 3.10. The molecule has 3 rings (SSSR count). The molecule has 5 heteroatoms. The Morgan fingerprint density at radius 3 is 2.80 bits per heavy atom. The van der Waals surface area contributed by atoms with Crippen LogP contribution in [-0.4, -0.2) is 34.0 Å². The van der Waals surface area contributed by atoms with Crippen molar-refractivity contribution >= 4 is 0 Å². The van der Waals surface area contributed by atoms with Gasteiger partial charge in [0.25, 0.3) is 0 Å². The number of hydrogen-bond acceptors (Lipinski definition) is 4. The second kappa shape index (κ2) is 5.36. The first-order valence-corrected chi connectivity index (χ1v) is 6.67. The molecule has 1 N–H and O–H groups in total. The Hall–Kier alpha value is -1.69. The molecule has 2 atom stereocenters. The number of imidazole rings is 1. The summed E-state index contributed by atoms with van der Waals surface area (Å²) in [6, 6.07) is 8.08. The van der Waals surface area contributed by atoms with Gasteiger partial charge in [-0.25, -0.2) is 4.98 Å². The molecule has 1 aromatic heterocycles. The molecule has 0 aliphatic carbocycles. The largest absolute Gasteiger partial charge is 0.394 e. The zero-order chi connectivity index (χ0) is 14.0. The van der Waals surface area contributed by atoms with E-state index in [9.17, 15) is 5.11 Å². The quantitative estimate of drug-likeness (QED) is 0.917. The van der Waals surface area contributed by atoms with Gasteiger partial charge in [0, 0.05) is 18.0 Å². The second-order valence-electron chi connectivity index (χ2n) is 5.09. The smallest absolute Gasteiger partial charge is 0.214 e. The van der Waals surface area contributed by atoms with Crippen LogP contribution in [0.15, 0.2) is 43.0 Å². The highest BCUT2D eigenvalue weighted by Gasteiger charge is 2.43. The fraction of sp³-hybridized carbons (Fsp3) is 0.400. The van der Waals surface area contributed by atoms with E-state index in [-0.39, 0.29) is 12.7 Å². The minimum Gasteiger partial charge on any atom is -0.394 e. The van der Waals surface area contributed by atoms with Crippen molar-refractivity contribution in [3.05, 3.63) is 54.1 Å². The monoisotopic (exact) mass is 274 g/mol. The van der Waals surface area contributed by atoms with Gasteiger partial charge in [0.1, 0.15) is 6.10 Å². The van der Waals surface area contributed by atoms with Crippen molar-refractivity contribution in [1.29, 1.82) is 0 Å². The molecule has 0 radical (unpaired) electrons. The van der Waals surface area contributed by atoms with E-state index >= 15 is 0 Å². The summed E-state index contributed by atoms with van der Waals surface area (Å²) >= 11 is 0. The summed E-state index contributed by atoms with van der Waals surface area (Å²) in [7, 11) is 0. The first-order valence-electron chi connectivity index (χ1n) is 6.67. The normalized spacial score (nSPS) is 26.0. The van der Waals surface area contributed by atoms with Crippen LogP contribution >= 0.6 is 0 Å². The molecule has 20 heavy (non-hydrogen) atoms. The molecule has 0 bridgehead atoms. The lowest BCUT2D eigenvalue weighted by atomic mass is 10.0. The highest BCUT2D eigenvalue weighted by atomic mass is 16.7. The summed E-state index contributed by atoms with van der Waals surface area (Å²) < 4.78 is 13.8. The van der Waals surface area contributed by atoms with Gasteiger partial charge < -0.3 is 19.1 Å². The van der Waals surface area contributed by atoms with E-state index in [4.69, 9.17) is 9.47 Å². The molecule has 5 nitrogen and oxygen atoms in total. The Morgan fingerprint density at radius 1 is 1.40 bits per heavy atom. The van der Waals surface area contributed by atoms with Gasteiger partial charge in [0.15, 0.2) is 0 Å². The molecule has 0 spiro atoms. The van der Waals surface area contributed by atoms with Crippen molar-refractivity contribution < 1.29 is 14.6 Å². The SMILES string of the molecule is Cc1ccc(C2(Cn3ccnc3)OCC(CO)O2)cc1. The standard InChI is InChI=1S/C15H18N2O3/c1-12-2-4-13(5-3-12)15(10-17-7-6-16-11-17)19-9-14(8-18)20-15/h2-7,11,14,18H,8-10H2,1H3. The molecule has 1 aliphatic rings. The predicted molar refractivity (Wildman–Crippen MR) is 73.0 cm³/mol. The highest BCUT2D eigenvalue weighted by molar-refractivity contribution is 5.26. The molecule has 0 amide bonds. The molecule has 0 saturated carbocycles. The third-order valence-corrected chi connectivity index (χ3v) is 3.50. The van der Waals surface area contributed by atoms with Crippen LogP contribution in [0.2, 0.25) is 0 Å². The van der Waals surface area contributed by atoms with Crippen LogP contribution in [0, 0.1) is 6.92 Å². The number of nitrogens with zero attached hydrogens (tertiary/aromatic N) is 2. The lowest BCUT2D eigenvalue weighted by Crippen LogP contribution is -2.33. The molecule has 1 fully saturated rings. The summed E-state index contributed by atoms with van der Waals surface area (Å²) in [5.41, 5.74) is 2.14. The van der Waals surface area contributed by atoms with Crippen LogP contribution in [0.25, 0.3) is 0 Å². The molecule has 2 aromatic rings. The van der Waals surface area contributed by atoms with Crippen LogP contribution in [-0.2, 0) is 21.8 Å². The van der Waals surface area contributed by atoms with Gasteiger partial charge in [-0.15, -0.1) is 0 Å². The second-order valence-corrected chi connectivity index (χ2v) is 5.09. The van der Waals surface area contributed by atoms with Crippen molar-refractivity contribution in [3.63, 3.8) is 0 Å². The number of aryl methyl sites for hydroxylation is 1. The van der Waals surface area contributed by atoms with Gasteiger partial charge in [-0.05, 0) is 6.92 Å². The van der Waals surface area contributed by atoms with Crippen LogP contribution in [0.4, 0.5) is 0 Å². The van der Waals surface area contributed by atoms with Gasteiger partial charge in [-0.3, -0.25) is 0 Å². The zero-order valence-corrected chi connectivity index (χ0v) is 11.4. The lowest BCUT2D eigenvalue weighted by molar-refractivity contribution is -0.190. The molecular formula is C15H18N2O3. The van der Waals surface area contributed by atoms with Crippen molar-refractivity contribution in [2.75, 3.05) is 13.2 Å². The Balaban J connectivity index is 1.93. The molecular weight excluding hydrogens is 256 g/mol. The average molecular weight is 274 g/mol. The molecule has 1 saturated heterocycles. The maximum absolute atomic E-state index is 9.29. The van der Waals surface area contributed by atoms with E-state index in [1.165, 1.54) is 5.56 Å². The van der Waals surface area contributed by atoms with Gasteiger partial charge in [0.2, 0.25) is 5.79 Å².